The number of piperazine rings is 1. The van der Waals surface area contributed by atoms with E-state index in [1.54, 1.807) is 7.05 Å². The molecule has 1 saturated heterocycles. The van der Waals surface area contributed by atoms with Gasteiger partial charge < -0.3 is 10.6 Å². The number of carbonyl (C=O) groups excluding carboxylic acids is 1. The number of hydrogen-bond donors (Lipinski definition) is 2. The third-order valence-corrected chi connectivity index (χ3v) is 3.46. The molecule has 20 heavy (non-hydrogen) atoms. The maximum absolute atomic E-state index is 13.3. The van der Waals surface area contributed by atoms with E-state index in [9.17, 15) is 9.18 Å². The predicted molar refractivity (Wildman–Crippen MR) is 72.2 cm³/mol. The fourth-order valence-corrected chi connectivity index (χ4v) is 2.38. The summed E-state index contributed by atoms with van der Waals surface area (Å²) in [4.78, 5) is 13.8. The summed E-state index contributed by atoms with van der Waals surface area (Å²) in [6, 6.07) is 5.87. The zero-order valence-electron chi connectivity index (χ0n) is 11.3. The summed E-state index contributed by atoms with van der Waals surface area (Å²) in [5, 5.41) is 14.9. The first-order valence-corrected chi connectivity index (χ1v) is 6.50. The van der Waals surface area contributed by atoms with Gasteiger partial charge in [-0.05, 0) is 23.8 Å². The van der Waals surface area contributed by atoms with E-state index in [1.165, 1.54) is 18.2 Å². The Bertz CT molecular complexity index is 540. The second-order valence-corrected chi connectivity index (χ2v) is 4.72. The van der Waals surface area contributed by atoms with Crippen molar-refractivity contribution in [2.24, 2.45) is 0 Å². The summed E-state index contributed by atoms with van der Waals surface area (Å²) < 4.78 is 13.3. The van der Waals surface area contributed by atoms with Gasteiger partial charge in [-0.15, -0.1) is 0 Å². The highest BCUT2D eigenvalue weighted by Gasteiger charge is 2.28. The van der Waals surface area contributed by atoms with Crippen LogP contribution in [0.4, 0.5) is 4.39 Å². The Balaban J connectivity index is 2.21. The maximum atomic E-state index is 13.3. The zero-order valence-corrected chi connectivity index (χ0v) is 11.3. The van der Waals surface area contributed by atoms with Gasteiger partial charge in [0, 0.05) is 33.2 Å². The van der Waals surface area contributed by atoms with E-state index in [1.807, 2.05) is 4.90 Å². The summed E-state index contributed by atoms with van der Waals surface area (Å²) >= 11 is 0. The molecule has 1 unspecified atom stereocenters. The first kappa shape index (κ1) is 14.4. The molecule has 1 amide bonds. The van der Waals surface area contributed by atoms with Crippen LogP contribution in [-0.2, 0) is 11.3 Å². The number of nitrogens with one attached hydrogen (secondary N) is 2. The number of benzene rings is 1. The zero-order chi connectivity index (χ0) is 14.5. The molecule has 1 aromatic carbocycles. The summed E-state index contributed by atoms with van der Waals surface area (Å²) in [5.41, 5.74) is 1.06. The second-order valence-electron chi connectivity index (χ2n) is 4.72. The van der Waals surface area contributed by atoms with Crippen molar-refractivity contribution >= 4 is 5.91 Å². The molecule has 0 aliphatic carbocycles. The van der Waals surface area contributed by atoms with E-state index in [4.69, 9.17) is 5.26 Å². The lowest BCUT2D eigenvalue weighted by atomic mass is 10.1. The van der Waals surface area contributed by atoms with Crippen molar-refractivity contribution in [1.29, 1.82) is 5.26 Å². The minimum atomic E-state index is -0.370. The average Bonchev–Trinajstić information content (AvgIpc) is 2.47. The largest absolute Gasteiger partial charge is 0.358 e. The number of rotatable bonds is 3. The normalized spacial score (nSPS) is 19.4. The van der Waals surface area contributed by atoms with Crippen LogP contribution in [-0.4, -0.2) is 43.5 Å². The molecule has 0 spiro atoms. The van der Waals surface area contributed by atoms with Crippen LogP contribution >= 0.6 is 0 Å². The molecule has 0 bridgehead atoms. The van der Waals surface area contributed by atoms with Crippen molar-refractivity contribution in [3.05, 3.63) is 35.1 Å². The fourth-order valence-electron chi connectivity index (χ4n) is 2.38. The van der Waals surface area contributed by atoms with E-state index in [0.29, 0.717) is 30.8 Å². The Kier molecular flexibility index (Phi) is 4.66. The molecular weight excluding hydrogens is 259 g/mol. The van der Waals surface area contributed by atoms with Crippen LogP contribution in [0.25, 0.3) is 0 Å². The highest BCUT2D eigenvalue weighted by atomic mass is 19.1. The van der Waals surface area contributed by atoms with Gasteiger partial charge in [-0.25, -0.2) is 4.39 Å². The molecule has 0 aromatic heterocycles. The van der Waals surface area contributed by atoms with Gasteiger partial charge in [0.05, 0.1) is 11.6 Å². The molecule has 5 nitrogen and oxygen atoms in total. The molecule has 6 heteroatoms. The van der Waals surface area contributed by atoms with Gasteiger partial charge in [0.25, 0.3) is 0 Å². The third-order valence-electron chi connectivity index (χ3n) is 3.46. The van der Waals surface area contributed by atoms with Crippen molar-refractivity contribution in [2.45, 2.75) is 12.6 Å². The Morgan fingerprint density at radius 1 is 1.65 bits per heavy atom. The topological polar surface area (TPSA) is 68.2 Å². The monoisotopic (exact) mass is 276 g/mol. The SMILES string of the molecule is CNC(=O)C1CNCCN1Cc1cc(F)ccc1C#N. The molecule has 0 saturated carbocycles. The molecular formula is C14H17FN4O. The second kappa shape index (κ2) is 6.46. The van der Waals surface area contributed by atoms with Gasteiger partial charge in [0.1, 0.15) is 11.9 Å². The quantitative estimate of drug-likeness (QED) is 0.828. The van der Waals surface area contributed by atoms with Crippen LogP contribution in [0.5, 0.6) is 0 Å². The number of halogens is 1. The number of hydrogen-bond acceptors (Lipinski definition) is 4. The van der Waals surface area contributed by atoms with Gasteiger partial charge in [-0.3, -0.25) is 9.69 Å². The standard InChI is InChI=1S/C14H17FN4O/c1-17-14(20)13-8-18-4-5-19(13)9-11-6-12(15)3-2-10(11)7-16/h2-3,6,13,18H,4-5,8-9H2,1H3,(H,17,20). The molecule has 2 N–H and O–H groups in total. The van der Waals surface area contributed by atoms with Gasteiger partial charge >= 0.3 is 0 Å². The summed E-state index contributed by atoms with van der Waals surface area (Å²) in [5.74, 6) is -0.447. The average molecular weight is 276 g/mol. The number of nitriles is 1. The van der Waals surface area contributed by atoms with Crippen LogP contribution in [0.15, 0.2) is 18.2 Å². The first-order valence-electron chi connectivity index (χ1n) is 6.50. The molecule has 2 rings (SSSR count). The lowest BCUT2D eigenvalue weighted by Crippen LogP contribution is -2.56. The van der Waals surface area contributed by atoms with Gasteiger partial charge in [0.2, 0.25) is 5.91 Å². The molecule has 1 fully saturated rings. The third kappa shape index (κ3) is 3.13. The van der Waals surface area contributed by atoms with Gasteiger partial charge in [-0.2, -0.15) is 5.26 Å². The molecule has 1 aliphatic heterocycles. The van der Waals surface area contributed by atoms with Crippen molar-refractivity contribution in [2.75, 3.05) is 26.7 Å². The van der Waals surface area contributed by atoms with Crippen molar-refractivity contribution in [3.63, 3.8) is 0 Å². The van der Waals surface area contributed by atoms with Crippen LogP contribution in [0.2, 0.25) is 0 Å². The number of nitrogens with zero attached hydrogens (tertiary/aromatic N) is 2. The number of carbonyl (C=O) groups is 1. The Labute approximate surface area is 117 Å². The maximum Gasteiger partial charge on any atom is 0.238 e. The van der Waals surface area contributed by atoms with Crippen LogP contribution < -0.4 is 10.6 Å². The molecule has 1 atom stereocenters. The number of likely N-dealkylation sites (N-methyl/N-ethyl adjacent to an activating group) is 1. The summed E-state index contributed by atoms with van der Waals surface area (Å²) in [6.45, 7) is 2.39. The highest BCUT2D eigenvalue weighted by molar-refractivity contribution is 5.81. The highest BCUT2D eigenvalue weighted by Crippen LogP contribution is 2.16. The Morgan fingerprint density at radius 3 is 3.15 bits per heavy atom. The molecule has 1 aliphatic rings. The predicted octanol–water partition coefficient (Wildman–Crippen LogP) is 0.217. The van der Waals surface area contributed by atoms with Gasteiger partial charge in [-0.1, -0.05) is 0 Å². The van der Waals surface area contributed by atoms with Crippen molar-refractivity contribution in [3.8, 4) is 6.07 Å². The van der Waals surface area contributed by atoms with E-state index in [-0.39, 0.29) is 17.8 Å². The summed E-state index contributed by atoms with van der Waals surface area (Å²) in [7, 11) is 1.60. The number of amides is 1. The minimum Gasteiger partial charge on any atom is -0.358 e. The smallest absolute Gasteiger partial charge is 0.238 e. The summed E-state index contributed by atoms with van der Waals surface area (Å²) in [6.07, 6.45) is 0. The van der Waals surface area contributed by atoms with Crippen molar-refractivity contribution < 1.29 is 9.18 Å². The molecule has 1 aromatic rings. The Morgan fingerprint density at radius 2 is 2.45 bits per heavy atom. The first-order chi connectivity index (χ1) is 9.65. The Hall–Kier alpha value is -1.97. The van der Waals surface area contributed by atoms with Crippen LogP contribution in [0.3, 0.4) is 0 Å². The van der Waals surface area contributed by atoms with E-state index >= 15 is 0 Å². The van der Waals surface area contributed by atoms with Crippen LogP contribution in [0, 0.1) is 17.1 Å². The molecule has 0 radical (unpaired) electrons. The molecule has 106 valence electrons. The van der Waals surface area contributed by atoms with Crippen LogP contribution in [0.1, 0.15) is 11.1 Å². The minimum absolute atomic E-state index is 0.0767. The van der Waals surface area contributed by atoms with E-state index < -0.39 is 0 Å². The van der Waals surface area contributed by atoms with E-state index in [0.717, 1.165) is 6.54 Å². The lowest BCUT2D eigenvalue weighted by Gasteiger charge is -2.35. The lowest BCUT2D eigenvalue weighted by molar-refractivity contribution is -0.126. The van der Waals surface area contributed by atoms with Gasteiger partial charge in [0.15, 0.2) is 0 Å². The molecule has 1 heterocycles. The van der Waals surface area contributed by atoms with E-state index in [2.05, 4.69) is 16.7 Å². The fraction of sp³-hybridized carbons (Fsp3) is 0.429. The van der Waals surface area contributed by atoms with Crippen molar-refractivity contribution in [1.82, 2.24) is 15.5 Å².